The van der Waals surface area contributed by atoms with Gasteiger partial charge in [0.2, 0.25) is 0 Å². The molecule has 0 unspecified atom stereocenters. The monoisotopic (exact) mass is 366 g/mol. The zero-order chi connectivity index (χ0) is 17.4. The largest absolute Gasteiger partial charge is 0.496 e. The van der Waals surface area contributed by atoms with E-state index < -0.39 is 0 Å². The summed E-state index contributed by atoms with van der Waals surface area (Å²) < 4.78 is 10.9. The quantitative estimate of drug-likeness (QED) is 0.415. The Bertz CT molecular complexity index is 599. The van der Waals surface area contributed by atoms with E-state index in [1.807, 2.05) is 24.3 Å². The number of hydrogen-bond acceptors (Lipinski definition) is 2. The van der Waals surface area contributed by atoms with Crippen LogP contribution in [0.2, 0.25) is 0 Å². The fourth-order valence-corrected chi connectivity index (χ4v) is 3.18. The zero-order valence-electron chi connectivity index (χ0n) is 14.3. The fraction of sp³-hybridized carbons (Fsp3) is 0.400. The Hall–Kier alpha value is -1.38. The molecule has 0 atom stereocenters. The molecule has 0 spiro atoms. The number of aryl methyl sites for hydroxylation is 2. The molecule has 24 heavy (non-hydrogen) atoms. The second-order valence-corrected chi connectivity index (χ2v) is 6.30. The summed E-state index contributed by atoms with van der Waals surface area (Å²) in [6, 6.07) is 12.3. The van der Waals surface area contributed by atoms with Crippen molar-refractivity contribution < 1.29 is 9.47 Å². The number of unbranched alkanes of at least 4 members (excludes halogenated alkanes) is 1. The molecule has 0 saturated heterocycles. The van der Waals surface area contributed by atoms with Crippen LogP contribution in [0.4, 0.5) is 0 Å². The molecule has 0 amide bonds. The predicted molar refractivity (Wildman–Crippen MR) is 102 cm³/mol. The zero-order valence-corrected chi connectivity index (χ0v) is 15.8. The highest BCUT2D eigenvalue weighted by atomic mass is 35.5. The average Bonchev–Trinajstić information content (AvgIpc) is 2.64. The molecule has 0 aliphatic carbocycles. The van der Waals surface area contributed by atoms with Gasteiger partial charge in [0.05, 0.1) is 14.2 Å². The first-order chi connectivity index (χ1) is 11.7. The van der Waals surface area contributed by atoms with Crippen molar-refractivity contribution in [3.05, 3.63) is 58.7 Å². The Balaban J connectivity index is 1.96. The van der Waals surface area contributed by atoms with Gasteiger partial charge in [-0.05, 0) is 60.1 Å². The van der Waals surface area contributed by atoms with Crippen molar-refractivity contribution in [3.63, 3.8) is 0 Å². The molecule has 0 bridgehead atoms. The van der Waals surface area contributed by atoms with E-state index in [4.69, 9.17) is 32.7 Å². The third-order valence-corrected chi connectivity index (χ3v) is 4.76. The second-order valence-electron chi connectivity index (χ2n) is 5.77. The Morgan fingerprint density at radius 2 is 1.12 bits per heavy atom. The summed E-state index contributed by atoms with van der Waals surface area (Å²) in [6.07, 6.45) is 4.11. The van der Waals surface area contributed by atoms with Crippen molar-refractivity contribution in [1.29, 1.82) is 0 Å². The van der Waals surface area contributed by atoms with E-state index >= 15 is 0 Å². The minimum Gasteiger partial charge on any atom is -0.496 e. The third-order valence-electron chi connectivity index (χ3n) is 4.14. The Morgan fingerprint density at radius 3 is 1.46 bits per heavy atom. The van der Waals surface area contributed by atoms with Gasteiger partial charge in [0, 0.05) is 11.8 Å². The predicted octanol–water partition coefficient (Wildman–Crippen LogP) is 5.75. The van der Waals surface area contributed by atoms with Crippen LogP contribution in [0.15, 0.2) is 36.4 Å². The standard InChI is InChI=1S/C20H24Cl2O2/c1-23-19-9-7-15(13-21)11-17(19)5-3-4-6-18-12-16(14-22)8-10-20(18)24-2/h7-12H,3-6,13-14H2,1-2H3. The first-order valence-corrected chi connectivity index (χ1v) is 9.22. The van der Waals surface area contributed by atoms with Crippen molar-refractivity contribution >= 4 is 23.2 Å². The van der Waals surface area contributed by atoms with Gasteiger partial charge in [-0.2, -0.15) is 0 Å². The Morgan fingerprint density at radius 1 is 0.708 bits per heavy atom. The van der Waals surface area contributed by atoms with Gasteiger partial charge in [0.15, 0.2) is 0 Å². The Labute approximate surface area is 154 Å². The maximum Gasteiger partial charge on any atom is 0.122 e. The summed E-state index contributed by atoms with van der Waals surface area (Å²) >= 11 is 11.9. The smallest absolute Gasteiger partial charge is 0.122 e. The van der Waals surface area contributed by atoms with Crippen LogP contribution in [0.5, 0.6) is 11.5 Å². The highest BCUT2D eigenvalue weighted by molar-refractivity contribution is 6.17. The molecule has 2 nitrogen and oxygen atoms in total. The molecule has 0 aliphatic rings. The number of methoxy groups -OCH3 is 2. The molecular formula is C20H24Cl2O2. The summed E-state index contributed by atoms with van der Waals surface area (Å²) in [5.74, 6) is 2.93. The first-order valence-electron chi connectivity index (χ1n) is 8.15. The molecule has 130 valence electrons. The van der Waals surface area contributed by atoms with Crippen molar-refractivity contribution in [1.82, 2.24) is 0 Å². The number of benzene rings is 2. The topological polar surface area (TPSA) is 18.5 Å². The Kier molecular flexibility index (Phi) is 7.74. The lowest BCUT2D eigenvalue weighted by atomic mass is 10.0. The van der Waals surface area contributed by atoms with Gasteiger partial charge < -0.3 is 9.47 Å². The number of ether oxygens (including phenoxy) is 2. The lowest BCUT2D eigenvalue weighted by Crippen LogP contribution is -1.97. The molecule has 2 aromatic carbocycles. The van der Waals surface area contributed by atoms with Gasteiger partial charge in [-0.3, -0.25) is 0 Å². The molecule has 0 saturated carbocycles. The van der Waals surface area contributed by atoms with Crippen LogP contribution in [0.3, 0.4) is 0 Å². The average molecular weight is 367 g/mol. The summed E-state index contributed by atoms with van der Waals surface area (Å²) in [7, 11) is 3.42. The van der Waals surface area contributed by atoms with Gasteiger partial charge in [-0.1, -0.05) is 24.3 Å². The molecule has 0 heterocycles. The molecule has 0 aromatic heterocycles. The number of alkyl halides is 2. The maximum absolute atomic E-state index is 5.93. The SMILES string of the molecule is COc1ccc(CCl)cc1CCCCc1cc(CCl)ccc1OC. The molecule has 0 radical (unpaired) electrons. The van der Waals surface area contributed by atoms with E-state index in [0.717, 1.165) is 48.3 Å². The van der Waals surface area contributed by atoms with Gasteiger partial charge in [-0.25, -0.2) is 0 Å². The van der Waals surface area contributed by atoms with Crippen molar-refractivity contribution in [2.75, 3.05) is 14.2 Å². The first kappa shape index (κ1) is 19.0. The second kappa shape index (κ2) is 9.80. The van der Waals surface area contributed by atoms with Crippen LogP contribution in [-0.4, -0.2) is 14.2 Å². The number of rotatable bonds is 9. The van der Waals surface area contributed by atoms with E-state index in [1.54, 1.807) is 14.2 Å². The van der Waals surface area contributed by atoms with E-state index in [9.17, 15) is 0 Å². The van der Waals surface area contributed by atoms with E-state index in [2.05, 4.69) is 12.1 Å². The van der Waals surface area contributed by atoms with Gasteiger partial charge in [0.25, 0.3) is 0 Å². The minimum atomic E-state index is 0.527. The highest BCUT2D eigenvalue weighted by Gasteiger charge is 2.07. The maximum atomic E-state index is 5.93. The molecule has 0 N–H and O–H groups in total. The van der Waals surface area contributed by atoms with Crippen LogP contribution in [-0.2, 0) is 24.6 Å². The molecule has 2 aromatic rings. The summed E-state index contributed by atoms with van der Waals surface area (Å²) in [5.41, 5.74) is 4.70. The van der Waals surface area contributed by atoms with Crippen LogP contribution in [0.1, 0.15) is 35.1 Å². The molecule has 4 heteroatoms. The van der Waals surface area contributed by atoms with E-state index in [0.29, 0.717) is 11.8 Å². The number of hydrogen-bond donors (Lipinski definition) is 0. The number of halogens is 2. The molecule has 2 rings (SSSR count). The lowest BCUT2D eigenvalue weighted by molar-refractivity contribution is 0.407. The fourth-order valence-electron chi connectivity index (χ4n) is 2.85. The summed E-state index contributed by atoms with van der Waals surface area (Å²) in [6.45, 7) is 0. The van der Waals surface area contributed by atoms with Gasteiger partial charge >= 0.3 is 0 Å². The normalized spacial score (nSPS) is 10.7. The molecule has 0 aliphatic heterocycles. The van der Waals surface area contributed by atoms with Gasteiger partial charge in [0.1, 0.15) is 11.5 Å². The van der Waals surface area contributed by atoms with Gasteiger partial charge in [-0.15, -0.1) is 23.2 Å². The van der Waals surface area contributed by atoms with Crippen molar-refractivity contribution in [3.8, 4) is 11.5 Å². The van der Waals surface area contributed by atoms with Crippen LogP contribution in [0.25, 0.3) is 0 Å². The van der Waals surface area contributed by atoms with E-state index in [1.165, 1.54) is 11.1 Å². The van der Waals surface area contributed by atoms with Crippen molar-refractivity contribution in [2.24, 2.45) is 0 Å². The molecule has 0 fully saturated rings. The van der Waals surface area contributed by atoms with Crippen LogP contribution < -0.4 is 9.47 Å². The summed E-state index contributed by atoms with van der Waals surface area (Å²) in [4.78, 5) is 0. The lowest BCUT2D eigenvalue weighted by Gasteiger charge is -2.12. The van der Waals surface area contributed by atoms with Crippen LogP contribution in [0, 0.1) is 0 Å². The third kappa shape index (κ3) is 5.06. The van der Waals surface area contributed by atoms with Crippen molar-refractivity contribution in [2.45, 2.75) is 37.4 Å². The molecular weight excluding hydrogens is 343 g/mol. The van der Waals surface area contributed by atoms with E-state index in [-0.39, 0.29) is 0 Å². The van der Waals surface area contributed by atoms with Crippen LogP contribution >= 0.6 is 23.2 Å². The highest BCUT2D eigenvalue weighted by Crippen LogP contribution is 2.25. The summed E-state index contributed by atoms with van der Waals surface area (Å²) in [5, 5.41) is 0. The minimum absolute atomic E-state index is 0.527.